The van der Waals surface area contributed by atoms with Crippen molar-refractivity contribution >= 4 is 5.97 Å². The van der Waals surface area contributed by atoms with Crippen LogP contribution in [-0.2, 0) is 4.79 Å². The molecule has 7 heteroatoms. The van der Waals surface area contributed by atoms with Crippen molar-refractivity contribution in [3.63, 3.8) is 0 Å². The molecule has 0 aliphatic carbocycles. The lowest BCUT2D eigenvalue weighted by Crippen LogP contribution is -3.14. The molecule has 66 valence electrons. The van der Waals surface area contributed by atoms with Crippen molar-refractivity contribution in [3.8, 4) is 0 Å². The van der Waals surface area contributed by atoms with Crippen molar-refractivity contribution in [1.82, 2.24) is 5.59 Å². The van der Waals surface area contributed by atoms with E-state index in [9.17, 15) is 10.0 Å². The number of nitrogens with two attached hydrogens (primary N) is 1. The summed E-state index contributed by atoms with van der Waals surface area (Å²) >= 11 is 0. The van der Waals surface area contributed by atoms with Crippen LogP contribution in [0.25, 0.3) is 0 Å². The Morgan fingerprint density at radius 3 is 2.73 bits per heavy atom. The van der Waals surface area contributed by atoms with E-state index in [0.717, 1.165) is 0 Å². The fourth-order valence-corrected chi connectivity index (χ4v) is 0.466. The van der Waals surface area contributed by atoms with Gasteiger partial charge < -0.3 is 16.0 Å². The Labute approximate surface area is 62.9 Å². The van der Waals surface area contributed by atoms with E-state index in [4.69, 9.17) is 16.0 Å². The average Bonchev–Trinajstić information content (AvgIpc) is 1.99. The minimum atomic E-state index is -1.16. The van der Waals surface area contributed by atoms with Gasteiger partial charge in [-0.2, -0.15) is 0 Å². The molecule has 0 amide bonds. The van der Waals surface area contributed by atoms with E-state index in [1.54, 1.807) is 0 Å². The van der Waals surface area contributed by atoms with Crippen molar-refractivity contribution in [3.05, 3.63) is 5.21 Å². The van der Waals surface area contributed by atoms with Crippen LogP contribution >= 0.6 is 0 Å². The first kappa shape index (κ1) is 10.3. The van der Waals surface area contributed by atoms with Gasteiger partial charge in [0.1, 0.15) is 6.04 Å². The van der Waals surface area contributed by atoms with Gasteiger partial charge in [-0.3, -0.25) is 15.2 Å². The highest BCUT2D eigenvalue weighted by Crippen LogP contribution is 1.82. The van der Waals surface area contributed by atoms with Gasteiger partial charge in [0.2, 0.25) is 0 Å². The van der Waals surface area contributed by atoms with E-state index in [1.807, 2.05) is 0 Å². The quantitative estimate of drug-likeness (QED) is 0.278. The maximum Gasteiger partial charge on any atom is 0.320 e. The van der Waals surface area contributed by atoms with Crippen molar-refractivity contribution in [1.29, 1.82) is 0 Å². The van der Waals surface area contributed by atoms with Crippen LogP contribution in [0.1, 0.15) is 6.42 Å². The van der Waals surface area contributed by atoms with Crippen LogP contribution < -0.4 is 16.5 Å². The molecule has 0 fully saturated rings. The minimum absolute atomic E-state index is 0.0156. The Bertz CT molecular complexity index is 131. The summed E-state index contributed by atoms with van der Waals surface area (Å²) in [5.41, 5.74) is 6.43. The number of carboxylic acids is 1. The van der Waals surface area contributed by atoms with Crippen molar-refractivity contribution < 1.29 is 20.3 Å². The Kier molecular flexibility index (Phi) is 4.66. The highest BCUT2D eigenvalue weighted by atomic mass is 16.7. The van der Waals surface area contributed by atoms with E-state index in [1.165, 1.54) is 5.59 Å². The lowest BCUT2D eigenvalue weighted by atomic mass is 10.2. The summed E-state index contributed by atoms with van der Waals surface area (Å²) in [7, 11) is 0. The summed E-state index contributed by atoms with van der Waals surface area (Å²) in [6.07, 6.45) is 0.0156. The molecule has 0 aliphatic rings. The second kappa shape index (κ2) is 4.99. The monoisotopic (exact) mass is 165 g/mol. The molecule has 7 nitrogen and oxygen atoms in total. The first-order chi connectivity index (χ1) is 5.07. The normalized spacial score (nSPS) is 15.9. The Morgan fingerprint density at radius 1 is 1.82 bits per heavy atom. The van der Waals surface area contributed by atoms with Gasteiger partial charge in [0.15, 0.2) is 0 Å². The number of carbonyl (C=O) groups is 1. The summed E-state index contributed by atoms with van der Waals surface area (Å²) in [6.45, 7) is -0.0933. The zero-order chi connectivity index (χ0) is 8.85. The second-order valence-electron chi connectivity index (χ2n) is 2.02. The average molecular weight is 165 g/mol. The predicted molar refractivity (Wildman–Crippen MR) is 34.3 cm³/mol. The van der Waals surface area contributed by atoms with E-state index in [0.29, 0.717) is 0 Å². The smallest absolute Gasteiger partial charge is 0.320 e. The second-order valence-corrected chi connectivity index (χ2v) is 2.02. The summed E-state index contributed by atoms with van der Waals surface area (Å²) < 4.78 is 0. The van der Waals surface area contributed by atoms with Crippen LogP contribution in [0.5, 0.6) is 0 Å². The van der Waals surface area contributed by atoms with Gasteiger partial charge in [-0.15, -0.1) is 0 Å². The molecule has 0 radical (unpaired) electrons. The molecule has 6 N–H and O–H groups in total. The Morgan fingerprint density at radius 2 is 2.36 bits per heavy atom. The number of nitrogens with one attached hydrogen (secondary N) is 2. The molecular weight excluding hydrogens is 154 g/mol. The molecule has 11 heavy (non-hydrogen) atoms. The van der Waals surface area contributed by atoms with Gasteiger partial charge in [-0.1, -0.05) is 0 Å². The van der Waals surface area contributed by atoms with E-state index < -0.39 is 17.2 Å². The summed E-state index contributed by atoms with van der Waals surface area (Å²) in [5.74, 6) is -1.16. The summed E-state index contributed by atoms with van der Waals surface area (Å²) in [6, 6.07) is -1.05. The maximum atomic E-state index is 10.3. The number of hydrogen-bond acceptors (Lipinski definition) is 5. The van der Waals surface area contributed by atoms with Crippen LogP contribution in [0.2, 0.25) is 0 Å². The molecule has 0 heterocycles. The van der Waals surface area contributed by atoms with Crippen LogP contribution in [-0.4, -0.2) is 28.9 Å². The van der Waals surface area contributed by atoms with Crippen molar-refractivity contribution in [2.45, 2.75) is 12.5 Å². The fourth-order valence-electron chi connectivity index (χ4n) is 0.466. The van der Waals surface area contributed by atoms with Crippen LogP contribution in [0.3, 0.4) is 0 Å². The third-order valence-electron chi connectivity index (χ3n) is 1.12. The molecule has 0 saturated carbocycles. The van der Waals surface area contributed by atoms with E-state index in [2.05, 4.69) is 0 Å². The first-order valence-corrected chi connectivity index (χ1v) is 2.99. The zero-order valence-electron chi connectivity index (χ0n) is 5.78. The number of rotatable bonds is 5. The highest BCUT2D eigenvalue weighted by molar-refractivity contribution is 5.72. The Hall–Kier alpha value is -0.730. The van der Waals surface area contributed by atoms with E-state index >= 15 is 0 Å². The third kappa shape index (κ3) is 4.65. The SMILES string of the molecule is N[C@@H](CC[NH+]([O-])NO)C(=O)O. The zero-order valence-corrected chi connectivity index (χ0v) is 5.78. The first-order valence-electron chi connectivity index (χ1n) is 2.99. The van der Waals surface area contributed by atoms with Crippen molar-refractivity contribution in [2.24, 2.45) is 5.73 Å². The third-order valence-corrected chi connectivity index (χ3v) is 1.12. The molecule has 2 atom stereocenters. The van der Waals surface area contributed by atoms with Gasteiger partial charge in [-0.05, 0) is 5.59 Å². The van der Waals surface area contributed by atoms with Crippen LogP contribution in [0.4, 0.5) is 0 Å². The lowest BCUT2D eigenvalue weighted by Gasteiger charge is -2.18. The topological polar surface area (TPSA) is 123 Å². The summed E-state index contributed by atoms with van der Waals surface area (Å²) in [4.78, 5) is 10.1. The Balaban J connectivity index is 3.45. The molecule has 0 saturated heterocycles. The molecule has 0 aromatic heterocycles. The molecule has 0 aliphatic heterocycles. The predicted octanol–water partition coefficient (Wildman–Crippen LogP) is -2.94. The number of carboxylic acid groups (broad SMARTS) is 1. The van der Waals surface area contributed by atoms with Gasteiger partial charge in [0.25, 0.3) is 0 Å². The standard InChI is InChI=1S/C4H11N3O4/c5-3(4(8)9)1-2-7(11)6-10/h3,6-7,10H,1-2,5H2,(H,8,9)/t3-/m0/s1. The van der Waals surface area contributed by atoms with Crippen LogP contribution in [0, 0.1) is 5.21 Å². The van der Waals surface area contributed by atoms with Gasteiger partial charge in [-0.25, -0.2) is 0 Å². The van der Waals surface area contributed by atoms with Gasteiger partial charge >= 0.3 is 5.97 Å². The van der Waals surface area contributed by atoms with E-state index in [-0.39, 0.29) is 13.0 Å². The van der Waals surface area contributed by atoms with Gasteiger partial charge in [0.05, 0.1) is 6.54 Å². The maximum absolute atomic E-state index is 10.3. The molecule has 1 unspecified atom stereocenters. The highest BCUT2D eigenvalue weighted by Gasteiger charge is 2.12. The molecule has 0 rings (SSSR count). The molecule has 0 bridgehead atoms. The molecule has 0 spiro atoms. The fraction of sp³-hybridized carbons (Fsp3) is 0.750. The molecule has 0 aromatic rings. The minimum Gasteiger partial charge on any atom is -0.611 e. The van der Waals surface area contributed by atoms with Crippen LogP contribution in [0.15, 0.2) is 0 Å². The van der Waals surface area contributed by atoms with Crippen molar-refractivity contribution in [2.75, 3.05) is 6.54 Å². The number of aliphatic carboxylic acids is 1. The molecule has 0 aromatic carbocycles. The van der Waals surface area contributed by atoms with Gasteiger partial charge in [0, 0.05) is 6.42 Å². The largest absolute Gasteiger partial charge is 0.611 e. The number of quaternary nitrogens is 1. The molecular formula is C4H11N3O4. The number of hydrogen-bond donors (Lipinski definition) is 5. The number of hydroxylamine groups is 1. The summed E-state index contributed by atoms with van der Waals surface area (Å²) in [5, 5.41) is 25.9. The lowest BCUT2D eigenvalue weighted by molar-refractivity contribution is -0.926.